The van der Waals surface area contributed by atoms with Gasteiger partial charge in [0.2, 0.25) is 0 Å². The molecule has 0 saturated heterocycles. The highest BCUT2D eigenvalue weighted by Gasteiger charge is 2.16. The van der Waals surface area contributed by atoms with Crippen molar-refractivity contribution in [2.24, 2.45) is 0 Å². The van der Waals surface area contributed by atoms with Gasteiger partial charge in [0.15, 0.2) is 0 Å². The molecule has 15 heavy (non-hydrogen) atoms. The van der Waals surface area contributed by atoms with E-state index < -0.39 is 13.6 Å². The molecule has 3 N–H and O–H groups in total. The average Bonchev–Trinajstić information content (AvgIpc) is 2.14. The molecule has 1 rings (SSSR count). The fourth-order valence-electron chi connectivity index (χ4n) is 0.972. The summed E-state index contributed by atoms with van der Waals surface area (Å²) in [6.07, 6.45) is 1.26. The normalized spacial score (nSPS) is 11.3. The monoisotopic (exact) mass is 231 g/mol. The van der Waals surface area contributed by atoms with Gasteiger partial charge in [-0.2, -0.15) is 0 Å². The Labute approximate surface area is 85.8 Å². The zero-order chi connectivity index (χ0) is 11.5. The van der Waals surface area contributed by atoms with E-state index in [1.807, 2.05) is 0 Å². The lowest BCUT2D eigenvalue weighted by molar-refractivity contribution is -0.136. The molecule has 0 aromatic carbocycles. The standard InChI is InChI=1S/C8H10NO5P/c10-8(11)4-2-6-1-3-7(5-9-6)15(12,13)14/h1,3,5H,2,4H2,(H,10,11)(H2,12,13,14). The quantitative estimate of drug-likeness (QED) is 0.624. The Bertz CT molecular complexity index is 396. The Morgan fingerprint density at radius 3 is 2.47 bits per heavy atom. The van der Waals surface area contributed by atoms with Crippen molar-refractivity contribution in [3.8, 4) is 0 Å². The van der Waals surface area contributed by atoms with Crippen LogP contribution in [-0.2, 0) is 15.8 Å². The number of aromatic nitrogens is 1. The summed E-state index contributed by atoms with van der Waals surface area (Å²) >= 11 is 0. The van der Waals surface area contributed by atoms with Gasteiger partial charge in [-0.05, 0) is 12.1 Å². The molecule has 0 aliphatic heterocycles. The van der Waals surface area contributed by atoms with Crippen LogP contribution in [0.5, 0.6) is 0 Å². The first kappa shape index (κ1) is 11.8. The molecule has 0 unspecified atom stereocenters. The van der Waals surface area contributed by atoms with Gasteiger partial charge in [-0.15, -0.1) is 0 Å². The predicted molar refractivity (Wildman–Crippen MR) is 51.9 cm³/mol. The molecular weight excluding hydrogens is 221 g/mol. The SMILES string of the molecule is O=C(O)CCc1ccc(P(=O)(O)O)cn1. The summed E-state index contributed by atoms with van der Waals surface area (Å²) in [5.41, 5.74) is 0.495. The molecule has 6 nitrogen and oxygen atoms in total. The molecule has 0 amide bonds. The maximum Gasteiger partial charge on any atom is 0.357 e. The third kappa shape index (κ3) is 3.79. The van der Waals surface area contributed by atoms with Gasteiger partial charge < -0.3 is 14.9 Å². The Morgan fingerprint density at radius 2 is 2.07 bits per heavy atom. The number of hydrogen-bond donors (Lipinski definition) is 3. The number of nitrogens with zero attached hydrogens (tertiary/aromatic N) is 1. The molecule has 0 saturated carbocycles. The number of carboxylic acids is 1. The van der Waals surface area contributed by atoms with Gasteiger partial charge in [-0.25, -0.2) is 0 Å². The number of carbonyl (C=O) groups is 1. The van der Waals surface area contributed by atoms with Crippen molar-refractivity contribution in [3.05, 3.63) is 24.0 Å². The van der Waals surface area contributed by atoms with Gasteiger partial charge in [-0.3, -0.25) is 14.3 Å². The maximum absolute atomic E-state index is 10.8. The zero-order valence-corrected chi connectivity index (χ0v) is 8.59. The Balaban J connectivity index is 2.73. The van der Waals surface area contributed by atoms with Crippen LogP contribution in [0.15, 0.2) is 18.3 Å². The van der Waals surface area contributed by atoms with Crippen molar-refractivity contribution in [1.29, 1.82) is 0 Å². The second-order valence-corrected chi connectivity index (χ2v) is 4.55. The molecule has 1 aromatic rings. The summed E-state index contributed by atoms with van der Waals surface area (Å²) in [5, 5.41) is 8.24. The summed E-state index contributed by atoms with van der Waals surface area (Å²) in [5.74, 6) is -0.934. The summed E-state index contributed by atoms with van der Waals surface area (Å²) in [6.45, 7) is 0. The van der Waals surface area contributed by atoms with E-state index in [0.717, 1.165) is 6.20 Å². The van der Waals surface area contributed by atoms with E-state index in [4.69, 9.17) is 14.9 Å². The molecule has 0 fully saturated rings. The van der Waals surface area contributed by atoms with Crippen LogP contribution >= 0.6 is 7.60 Å². The lowest BCUT2D eigenvalue weighted by Gasteiger charge is -2.03. The van der Waals surface area contributed by atoms with E-state index in [-0.39, 0.29) is 18.1 Å². The molecule has 82 valence electrons. The molecule has 1 heterocycles. The molecule has 0 aliphatic rings. The highest BCUT2D eigenvalue weighted by molar-refractivity contribution is 7.60. The first-order valence-corrected chi connectivity index (χ1v) is 5.73. The van der Waals surface area contributed by atoms with E-state index in [2.05, 4.69) is 4.98 Å². The van der Waals surface area contributed by atoms with Gasteiger partial charge >= 0.3 is 13.6 Å². The van der Waals surface area contributed by atoms with Crippen LogP contribution in [-0.4, -0.2) is 25.8 Å². The molecular formula is C8H10NO5P. The van der Waals surface area contributed by atoms with Crippen LogP contribution < -0.4 is 5.30 Å². The average molecular weight is 231 g/mol. The number of rotatable bonds is 4. The van der Waals surface area contributed by atoms with Gasteiger partial charge in [0.05, 0.1) is 11.7 Å². The van der Waals surface area contributed by atoms with Crippen LogP contribution in [0.3, 0.4) is 0 Å². The van der Waals surface area contributed by atoms with Crippen LogP contribution in [0, 0.1) is 0 Å². The summed E-state index contributed by atoms with van der Waals surface area (Å²) in [4.78, 5) is 31.6. The number of hydrogen-bond acceptors (Lipinski definition) is 3. The smallest absolute Gasteiger partial charge is 0.357 e. The number of pyridine rings is 1. The third-order valence-electron chi connectivity index (χ3n) is 1.74. The Morgan fingerprint density at radius 1 is 1.40 bits per heavy atom. The van der Waals surface area contributed by atoms with Crippen molar-refractivity contribution in [1.82, 2.24) is 4.98 Å². The summed E-state index contributed by atoms with van der Waals surface area (Å²) < 4.78 is 10.8. The van der Waals surface area contributed by atoms with E-state index in [1.165, 1.54) is 12.1 Å². The Kier molecular flexibility index (Phi) is 3.57. The highest BCUT2D eigenvalue weighted by atomic mass is 31.2. The molecule has 0 spiro atoms. The van der Waals surface area contributed by atoms with E-state index in [1.54, 1.807) is 0 Å². The first-order chi connectivity index (χ1) is 6.89. The van der Waals surface area contributed by atoms with Crippen LogP contribution in [0.2, 0.25) is 0 Å². The number of aliphatic carboxylic acids is 1. The van der Waals surface area contributed by atoms with Crippen molar-refractivity contribution in [3.63, 3.8) is 0 Å². The lowest BCUT2D eigenvalue weighted by atomic mass is 10.2. The number of carboxylic acid groups (broad SMARTS) is 1. The van der Waals surface area contributed by atoms with Crippen LogP contribution in [0.1, 0.15) is 12.1 Å². The van der Waals surface area contributed by atoms with E-state index in [9.17, 15) is 9.36 Å². The molecule has 0 atom stereocenters. The van der Waals surface area contributed by atoms with Gasteiger partial charge in [0, 0.05) is 18.3 Å². The topological polar surface area (TPSA) is 108 Å². The number of aryl methyl sites for hydroxylation is 1. The first-order valence-electron chi connectivity index (χ1n) is 4.12. The molecule has 1 aromatic heterocycles. The van der Waals surface area contributed by atoms with Gasteiger partial charge in [-0.1, -0.05) is 0 Å². The van der Waals surface area contributed by atoms with Gasteiger partial charge in [0.1, 0.15) is 0 Å². The van der Waals surface area contributed by atoms with Crippen molar-refractivity contribution in [2.75, 3.05) is 0 Å². The van der Waals surface area contributed by atoms with Crippen LogP contribution in [0.4, 0.5) is 0 Å². The zero-order valence-electron chi connectivity index (χ0n) is 7.70. The fourth-order valence-corrected chi connectivity index (χ4v) is 1.45. The maximum atomic E-state index is 10.8. The van der Waals surface area contributed by atoms with Crippen molar-refractivity contribution >= 4 is 18.9 Å². The van der Waals surface area contributed by atoms with Crippen LogP contribution in [0.25, 0.3) is 0 Å². The Hall–Kier alpha value is -1.23. The minimum absolute atomic E-state index is 0.0533. The lowest BCUT2D eigenvalue weighted by Crippen LogP contribution is -2.06. The largest absolute Gasteiger partial charge is 0.481 e. The second-order valence-electron chi connectivity index (χ2n) is 2.95. The summed E-state index contributed by atoms with van der Waals surface area (Å²) in [7, 11) is -4.25. The summed E-state index contributed by atoms with van der Waals surface area (Å²) in [6, 6.07) is 2.67. The molecule has 0 bridgehead atoms. The third-order valence-corrected chi connectivity index (χ3v) is 2.68. The molecule has 7 heteroatoms. The molecule has 0 radical (unpaired) electrons. The van der Waals surface area contributed by atoms with E-state index >= 15 is 0 Å². The molecule has 0 aliphatic carbocycles. The minimum Gasteiger partial charge on any atom is -0.481 e. The second kappa shape index (κ2) is 4.53. The van der Waals surface area contributed by atoms with Crippen molar-refractivity contribution in [2.45, 2.75) is 12.8 Å². The highest BCUT2D eigenvalue weighted by Crippen LogP contribution is 2.32. The van der Waals surface area contributed by atoms with Gasteiger partial charge in [0.25, 0.3) is 0 Å². The predicted octanol–water partition coefficient (Wildman–Crippen LogP) is -0.0982. The minimum atomic E-state index is -4.25. The van der Waals surface area contributed by atoms with E-state index in [0.29, 0.717) is 5.69 Å². The fraction of sp³-hybridized carbons (Fsp3) is 0.250. The van der Waals surface area contributed by atoms with Crippen molar-refractivity contribution < 1.29 is 24.3 Å².